The number of hydrogen-bond donors (Lipinski definition) is 2. The van der Waals surface area contributed by atoms with Crippen LogP contribution in [0.1, 0.15) is 50.4 Å². The van der Waals surface area contributed by atoms with E-state index in [1.165, 1.54) is 7.11 Å². The van der Waals surface area contributed by atoms with Crippen LogP contribution in [0.5, 0.6) is 11.5 Å². The second-order valence-electron chi connectivity index (χ2n) is 5.17. The smallest absolute Gasteiger partial charge is 0.269 e. The van der Waals surface area contributed by atoms with Crippen LogP contribution in [-0.2, 0) is 4.79 Å². The zero-order valence-corrected chi connectivity index (χ0v) is 14.3. The van der Waals surface area contributed by atoms with Crippen molar-refractivity contribution < 1.29 is 19.1 Å². The number of hydrogen-bond acceptors (Lipinski definition) is 4. The van der Waals surface area contributed by atoms with Gasteiger partial charge in [-0.05, 0) is 37.5 Å². The third-order valence-corrected chi connectivity index (χ3v) is 3.54. The number of ether oxygens (including phenoxy) is 2. The predicted octanol–water partition coefficient (Wildman–Crippen LogP) is 2.68. The largest absolute Gasteiger partial charge is 0.493 e. The van der Waals surface area contributed by atoms with Crippen LogP contribution in [0, 0.1) is 5.92 Å². The van der Waals surface area contributed by atoms with Crippen molar-refractivity contribution >= 4 is 11.8 Å². The van der Waals surface area contributed by atoms with E-state index < -0.39 is 5.91 Å². The predicted molar refractivity (Wildman–Crippen MR) is 88.5 cm³/mol. The highest BCUT2D eigenvalue weighted by atomic mass is 16.5. The molecule has 0 aliphatic carbocycles. The first-order valence-corrected chi connectivity index (χ1v) is 7.98. The Morgan fingerprint density at radius 3 is 2.35 bits per heavy atom. The van der Waals surface area contributed by atoms with Crippen LogP contribution in [0.2, 0.25) is 0 Å². The van der Waals surface area contributed by atoms with Crippen LogP contribution in [0.15, 0.2) is 18.2 Å². The minimum atomic E-state index is -0.398. The maximum absolute atomic E-state index is 12.1. The minimum absolute atomic E-state index is 0.102. The molecule has 128 valence electrons. The lowest BCUT2D eigenvalue weighted by atomic mass is 10.0. The maximum Gasteiger partial charge on any atom is 0.269 e. The van der Waals surface area contributed by atoms with Gasteiger partial charge in [-0.2, -0.15) is 0 Å². The Hall–Kier alpha value is -2.24. The summed E-state index contributed by atoms with van der Waals surface area (Å²) in [6.07, 6.45) is 2.35. The van der Waals surface area contributed by atoms with Gasteiger partial charge in [0.25, 0.3) is 5.91 Å². The van der Waals surface area contributed by atoms with Crippen LogP contribution < -0.4 is 20.3 Å². The number of hydrazine groups is 1. The maximum atomic E-state index is 12.1. The van der Waals surface area contributed by atoms with Crippen LogP contribution in [0.25, 0.3) is 0 Å². The fraction of sp³-hybridized carbons (Fsp3) is 0.529. The summed E-state index contributed by atoms with van der Waals surface area (Å²) in [5, 5.41) is 0. The Bertz CT molecular complexity index is 527. The molecule has 0 unspecified atom stereocenters. The summed E-state index contributed by atoms with van der Waals surface area (Å²) in [5.41, 5.74) is 5.27. The van der Waals surface area contributed by atoms with E-state index >= 15 is 0 Å². The second-order valence-corrected chi connectivity index (χ2v) is 5.17. The van der Waals surface area contributed by atoms with Gasteiger partial charge in [-0.1, -0.05) is 20.8 Å². The number of rotatable bonds is 8. The lowest BCUT2D eigenvalue weighted by Crippen LogP contribution is -2.44. The molecule has 0 aromatic heterocycles. The van der Waals surface area contributed by atoms with E-state index in [1.54, 1.807) is 18.2 Å². The van der Waals surface area contributed by atoms with Gasteiger partial charge in [0.1, 0.15) is 0 Å². The van der Waals surface area contributed by atoms with Crippen LogP contribution in [0.4, 0.5) is 0 Å². The van der Waals surface area contributed by atoms with Crippen molar-refractivity contribution in [3.8, 4) is 11.5 Å². The Balaban J connectivity index is 2.71. The highest BCUT2D eigenvalue weighted by molar-refractivity contribution is 5.96. The molecule has 0 fully saturated rings. The summed E-state index contributed by atoms with van der Waals surface area (Å²) in [4.78, 5) is 24.0. The van der Waals surface area contributed by atoms with Gasteiger partial charge >= 0.3 is 0 Å². The van der Waals surface area contributed by atoms with E-state index in [0.29, 0.717) is 23.7 Å². The first-order valence-electron chi connectivity index (χ1n) is 7.98. The molecule has 1 aromatic rings. The fourth-order valence-electron chi connectivity index (χ4n) is 2.09. The molecule has 6 nitrogen and oxygen atoms in total. The van der Waals surface area contributed by atoms with Gasteiger partial charge in [0.05, 0.1) is 13.7 Å². The molecule has 0 heterocycles. The molecule has 0 atom stereocenters. The molecule has 1 aromatic carbocycles. The molecule has 0 saturated heterocycles. The van der Waals surface area contributed by atoms with Gasteiger partial charge in [0.2, 0.25) is 5.91 Å². The number of benzene rings is 1. The third-order valence-electron chi connectivity index (χ3n) is 3.54. The molecule has 23 heavy (non-hydrogen) atoms. The first-order chi connectivity index (χ1) is 11.1. The summed E-state index contributed by atoms with van der Waals surface area (Å²) in [7, 11) is 1.52. The summed E-state index contributed by atoms with van der Waals surface area (Å²) < 4.78 is 10.8. The van der Waals surface area contributed by atoms with Crippen molar-refractivity contribution in [2.75, 3.05) is 13.7 Å². The first kappa shape index (κ1) is 18.8. The lowest BCUT2D eigenvalue weighted by Gasteiger charge is -2.14. The van der Waals surface area contributed by atoms with Gasteiger partial charge in [-0.3, -0.25) is 20.4 Å². The standard InChI is InChI=1S/C17H26N2O4/c1-5-10-23-14-9-8-13(11-15(14)22-4)17(21)19-18-16(20)12(6-2)7-3/h8-9,11-12H,5-7,10H2,1-4H3,(H,18,20)(H,19,21). The number of carbonyl (C=O) groups excluding carboxylic acids is 2. The van der Waals surface area contributed by atoms with E-state index in [4.69, 9.17) is 9.47 Å². The van der Waals surface area contributed by atoms with Crippen molar-refractivity contribution in [1.82, 2.24) is 10.9 Å². The van der Waals surface area contributed by atoms with Crippen LogP contribution >= 0.6 is 0 Å². The van der Waals surface area contributed by atoms with Crippen LogP contribution in [0.3, 0.4) is 0 Å². The number of methoxy groups -OCH3 is 1. The SMILES string of the molecule is CCCOc1ccc(C(=O)NNC(=O)C(CC)CC)cc1OC. The van der Waals surface area contributed by atoms with Gasteiger partial charge in [-0.25, -0.2) is 0 Å². The monoisotopic (exact) mass is 322 g/mol. The summed E-state index contributed by atoms with van der Waals surface area (Å²) >= 11 is 0. The van der Waals surface area contributed by atoms with Crippen molar-refractivity contribution in [3.05, 3.63) is 23.8 Å². The molecule has 0 spiro atoms. The quantitative estimate of drug-likeness (QED) is 0.722. The molecule has 0 aliphatic heterocycles. The fourth-order valence-corrected chi connectivity index (χ4v) is 2.09. The van der Waals surface area contributed by atoms with Crippen molar-refractivity contribution in [2.24, 2.45) is 5.92 Å². The highest BCUT2D eigenvalue weighted by Gasteiger charge is 2.16. The van der Waals surface area contributed by atoms with Crippen molar-refractivity contribution in [1.29, 1.82) is 0 Å². The van der Waals surface area contributed by atoms with E-state index in [0.717, 1.165) is 19.3 Å². The third kappa shape index (κ3) is 5.47. The number of amides is 2. The van der Waals surface area contributed by atoms with E-state index in [-0.39, 0.29) is 11.8 Å². The average Bonchev–Trinajstić information content (AvgIpc) is 2.58. The molecule has 0 aliphatic rings. The highest BCUT2D eigenvalue weighted by Crippen LogP contribution is 2.28. The van der Waals surface area contributed by atoms with E-state index in [1.807, 2.05) is 20.8 Å². The summed E-state index contributed by atoms with van der Waals surface area (Å²) in [6.45, 7) is 6.47. The molecule has 2 N–H and O–H groups in total. The Morgan fingerprint density at radius 1 is 1.09 bits per heavy atom. The molecular formula is C17H26N2O4. The molecule has 1 rings (SSSR count). The Morgan fingerprint density at radius 2 is 1.78 bits per heavy atom. The van der Waals surface area contributed by atoms with Gasteiger partial charge in [-0.15, -0.1) is 0 Å². The topological polar surface area (TPSA) is 76.7 Å². The van der Waals surface area contributed by atoms with Gasteiger partial charge in [0, 0.05) is 11.5 Å². The number of nitrogens with one attached hydrogen (secondary N) is 2. The Kier molecular flexibility index (Phi) is 7.94. The molecule has 0 saturated carbocycles. The summed E-state index contributed by atoms with van der Waals surface area (Å²) in [5.74, 6) is 0.391. The molecular weight excluding hydrogens is 296 g/mol. The minimum Gasteiger partial charge on any atom is -0.493 e. The lowest BCUT2D eigenvalue weighted by molar-refractivity contribution is -0.125. The van der Waals surface area contributed by atoms with Gasteiger partial charge in [0.15, 0.2) is 11.5 Å². The van der Waals surface area contributed by atoms with Crippen molar-refractivity contribution in [2.45, 2.75) is 40.0 Å². The molecule has 0 bridgehead atoms. The molecule has 2 amide bonds. The molecule has 6 heteroatoms. The second kappa shape index (κ2) is 9.71. The normalized spacial score (nSPS) is 10.3. The van der Waals surface area contributed by atoms with E-state index in [2.05, 4.69) is 10.9 Å². The summed E-state index contributed by atoms with van der Waals surface area (Å²) in [6, 6.07) is 4.90. The van der Waals surface area contributed by atoms with Crippen LogP contribution in [-0.4, -0.2) is 25.5 Å². The number of carbonyl (C=O) groups is 2. The zero-order chi connectivity index (χ0) is 17.2. The van der Waals surface area contributed by atoms with E-state index in [9.17, 15) is 9.59 Å². The average molecular weight is 322 g/mol. The zero-order valence-electron chi connectivity index (χ0n) is 14.3. The van der Waals surface area contributed by atoms with Gasteiger partial charge < -0.3 is 9.47 Å². The Labute approximate surface area is 137 Å². The molecule has 0 radical (unpaired) electrons. The van der Waals surface area contributed by atoms with Crippen molar-refractivity contribution in [3.63, 3.8) is 0 Å².